The van der Waals surface area contributed by atoms with E-state index >= 15 is 0 Å². The fraction of sp³-hybridized carbons (Fsp3) is 0.250. The van der Waals surface area contributed by atoms with Gasteiger partial charge in [0, 0.05) is 30.8 Å². The number of rotatable bonds is 5. The van der Waals surface area contributed by atoms with Gasteiger partial charge in [-0.3, -0.25) is 4.98 Å². The Balaban J connectivity index is 1.65. The molecule has 5 nitrogen and oxygen atoms in total. The van der Waals surface area contributed by atoms with Crippen LogP contribution in [0.4, 0.5) is 17.5 Å². The molecular formula is C20H23N5. The SMILES string of the molecule is CC(C)(C)c1ccc(Nc2nccc(NCc3cccnc3)n2)cc1. The molecule has 2 N–H and O–H groups in total. The third kappa shape index (κ3) is 4.76. The van der Waals surface area contributed by atoms with Crippen LogP contribution < -0.4 is 10.6 Å². The Morgan fingerprint density at radius 3 is 2.44 bits per heavy atom. The summed E-state index contributed by atoms with van der Waals surface area (Å²) in [5.74, 6) is 1.34. The van der Waals surface area contributed by atoms with Crippen LogP contribution in [0.2, 0.25) is 0 Å². The van der Waals surface area contributed by atoms with Gasteiger partial charge in [0.1, 0.15) is 5.82 Å². The van der Waals surface area contributed by atoms with Crippen molar-refractivity contribution in [1.29, 1.82) is 0 Å². The predicted molar refractivity (Wildman–Crippen MR) is 102 cm³/mol. The van der Waals surface area contributed by atoms with Crippen molar-refractivity contribution in [3.05, 3.63) is 72.2 Å². The number of hydrogen-bond acceptors (Lipinski definition) is 5. The number of pyridine rings is 1. The normalized spacial score (nSPS) is 11.2. The summed E-state index contributed by atoms with van der Waals surface area (Å²) >= 11 is 0. The fourth-order valence-electron chi connectivity index (χ4n) is 2.40. The lowest BCUT2D eigenvalue weighted by molar-refractivity contribution is 0.590. The average Bonchev–Trinajstić information content (AvgIpc) is 2.61. The quantitative estimate of drug-likeness (QED) is 0.718. The smallest absolute Gasteiger partial charge is 0.229 e. The Hall–Kier alpha value is -2.95. The van der Waals surface area contributed by atoms with Gasteiger partial charge in [-0.2, -0.15) is 4.98 Å². The second-order valence-electron chi connectivity index (χ2n) is 6.93. The van der Waals surface area contributed by atoms with E-state index in [1.54, 1.807) is 12.4 Å². The molecule has 128 valence electrons. The molecule has 0 saturated heterocycles. The molecule has 0 aliphatic carbocycles. The van der Waals surface area contributed by atoms with Crippen molar-refractivity contribution >= 4 is 17.5 Å². The molecule has 3 rings (SSSR count). The summed E-state index contributed by atoms with van der Waals surface area (Å²) in [5.41, 5.74) is 3.52. The first-order chi connectivity index (χ1) is 12.0. The van der Waals surface area contributed by atoms with E-state index < -0.39 is 0 Å². The third-order valence-corrected chi connectivity index (χ3v) is 3.86. The molecule has 25 heavy (non-hydrogen) atoms. The van der Waals surface area contributed by atoms with Gasteiger partial charge in [0.2, 0.25) is 5.95 Å². The van der Waals surface area contributed by atoms with Crippen LogP contribution in [0.3, 0.4) is 0 Å². The molecule has 2 aromatic heterocycles. The zero-order valence-electron chi connectivity index (χ0n) is 14.8. The minimum Gasteiger partial charge on any atom is -0.366 e. The first-order valence-corrected chi connectivity index (χ1v) is 8.34. The summed E-state index contributed by atoms with van der Waals surface area (Å²) < 4.78 is 0. The van der Waals surface area contributed by atoms with Crippen molar-refractivity contribution < 1.29 is 0 Å². The molecule has 0 aliphatic rings. The summed E-state index contributed by atoms with van der Waals surface area (Å²) in [5, 5.41) is 6.53. The second-order valence-corrected chi connectivity index (χ2v) is 6.93. The van der Waals surface area contributed by atoms with Gasteiger partial charge in [-0.05, 0) is 40.8 Å². The Labute approximate surface area is 148 Å². The van der Waals surface area contributed by atoms with E-state index in [1.165, 1.54) is 5.56 Å². The Morgan fingerprint density at radius 2 is 1.76 bits per heavy atom. The summed E-state index contributed by atoms with van der Waals surface area (Å²) in [7, 11) is 0. The van der Waals surface area contributed by atoms with E-state index in [2.05, 4.69) is 70.6 Å². The van der Waals surface area contributed by atoms with Gasteiger partial charge >= 0.3 is 0 Å². The molecular weight excluding hydrogens is 310 g/mol. The molecule has 0 atom stereocenters. The maximum Gasteiger partial charge on any atom is 0.229 e. The second kappa shape index (κ2) is 7.30. The van der Waals surface area contributed by atoms with Crippen molar-refractivity contribution in [2.45, 2.75) is 32.7 Å². The lowest BCUT2D eigenvalue weighted by atomic mass is 9.87. The number of aromatic nitrogens is 3. The van der Waals surface area contributed by atoms with Gasteiger partial charge < -0.3 is 10.6 Å². The highest BCUT2D eigenvalue weighted by molar-refractivity contribution is 5.55. The van der Waals surface area contributed by atoms with Gasteiger partial charge in [-0.25, -0.2) is 4.98 Å². The molecule has 5 heteroatoms. The topological polar surface area (TPSA) is 62.7 Å². The van der Waals surface area contributed by atoms with Crippen molar-refractivity contribution in [2.24, 2.45) is 0 Å². The Kier molecular flexibility index (Phi) is 4.93. The maximum absolute atomic E-state index is 4.50. The fourth-order valence-corrected chi connectivity index (χ4v) is 2.40. The van der Waals surface area contributed by atoms with Gasteiger partial charge in [0.15, 0.2) is 0 Å². The predicted octanol–water partition coefficient (Wildman–Crippen LogP) is 4.52. The zero-order valence-corrected chi connectivity index (χ0v) is 14.8. The maximum atomic E-state index is 4.50. The van der Waals surface area contributed by atoms with Crippen LogP contribution in [0, 0.1) is 0 Å². The van der Waals surface area contributed by atoms with Gasteiger partial charge in [0.05, 0.1) is 0 Å². The van der Waals surface area contributed by atoms with Crippen molar-refractivity contribution in [1.82, 2.24) is 15.0 Å². The number of benzene rings is 1. The molecule has 3 aromatic rings. The van der Waals surface area contributed by atoms with E-state index in [-0.39, 0.29) is 5.41 Å². The largest absolute Gasteiger partial charge is 0.366 e. The highest BCUT2D eigenvalue weighted by Gasteiger charge is 2.12. The van der Waals surface area contributed by atoms with Gasteiger partial charge in [0.25, 0.3) is 0 Å². The zero-order chi connectivity index (χ0) is 17.7. The molecule has 0 aliphatic heterocycles. The monoisotopic (exact) mass is 333 g/mol. The van der Waals surface area contributed by atoms with E-state index in [4.69, 9.17) is 0 Å². The van der Waals surface area contributed by atoms with Crippen LogP contribution in [0.5, 0.6) is 0 Å². The van der Waals surface area contributed by atoms with E-state index in [0.717, 1.165) is 17.1 Å². The van der Waals surface area contributed by atoms with Crippen LogP contribution in [0.15, 0.2) is 61.1 Å². The summed E-state index contributed by atoms with van der Waals surface area (Å²) in [6, 6.07) is 14.2. The van der Waals surface area contributed by atoms with Crippen LogP contribution in [0.25, 0.3) is 0 Å². The molecule has 1 aromatic carbocycles. The average molecular weight is 333 g/mol. The highest BCUT2D eigenvalue weighted by atomic mass is 15.1. The Morgan fingerprint density at radius 1 is 0.960 bits per heavy atom. The van der Waals surface area contributed by atoms with Gasteiger partial charge in [-0.15, -0.1) is 0 Å². The number of nitrogens with zero attached hydrogens (tertiary/aromatic N) is 3. The minimum absolute atomic E-state index is 0.144. The van der Waals surface area contributed by atoms with Crippen molar-refractivity contribution in [3.8, 4) is 0 Å². The highest BCUT2D eigenvalue weighted by Crippen LogP contribution is 2.24. The molecule has 0 radical (unpaired) electrons. The summed E-state index contributed by atoms with van der Waals surface area (Å²) in [6.07, 6.45) is 5.34. The first-order valence-electron chi connectivity index (χ1n) is 8.34. The van der Waals surface area contributed by atoms with Gasteiger partial charge in [-0.1, -0.05) is 39.0 Å². The third-order valence-electron chi connectivity index (χ3n) is 3.86. The molecule has 0 saturated carbocycles. The van der Waals surface area contributed by atoms with Crippen molar-refractivity contribution in [2.75, 3.05) is 10.6 Å². The molecule has 0 spiro atoms. The van der Waals surface area contributed by atoms with E-state index in [9.17, 15) is 0 Å². The molecule has 2 heterocycles. The van der Waals surface area contributed by atoms with Crippen LogP contribution in [-0.2, 0) is 12.0 Å². The van der Waals surface area contributed by atoms with Crippen LogP contribution >= 0.6 is 0 Å². The molecule has 0 unspecified atom stereocenters. The lowest BCUT2D eigenvalue weighted by Gasteiger charge is -2.19. The van der Waals surface area contributed by atoms with E-state index in [1.807, 2.05) is 24.4 Å². The standard InChI is InChI=1S/C20H23N5/c1-20(2,3)16-6-8-17(9-7-16)24-19-22-12-10-18(25-19)23-14-15-5-4-11-21-13-15/h4-13H,14H2,1-3H3,(H2,22,23,24,25). The van der Waals surface area contributed by atoms with E-state index in [0.29, 0.717) is 12.5 Å². The van der Waals surface area contributed by atoms with Crippen molar-refractivity contribution in [3.63, 3.8) is 0 Å². The molecule has 0 fully saturated rings. The number of anilines is 3. The minimum atomic E-state index is 0.144. The molecule has 0 amide bonds. The van der Waals surface area contributed by atoms with Crippen LogP contribution in [-0.4, -0.2) is 15.0 Å². The Bertz CT molecular complexity index is 807. The summed E-state index contributed by atoms with van der Waals surface area (Å²) in [4.78, 5) is 12.9. The van der Waals surface area contributed by atoms with Crippen LogP contribution in [0.1, 0.15) is 31.9 Å². The molecule has 0 bridgehead atoms. The number of hydrogen-bond donors (Lipinski definition) is 2. The first kappa shape index (κ1) is 16.9. The lowest BCUT2D eigenvalue weighted by Crippen LogP contribution is -2.10. The summed E-state index contributed by atoms with van der Waals surface area (Å²) in [6.45, 7) is 7.28. The number of nitrogens with one attached hydrogen (secondary N) is 2.